The molecule has 0 spiro atoms. The Balaban J connectivity index is 2.23. The Morgan fingerprint density at radius 1 is 1.18 bits per heavy atom. The first kappa shape index (κ1) is 14.0. The third-order valence-electron chi connectivity index (χ3n) is 2.77. The minimum Gasteiger partial charge on any atom is -0.494 e. The fourth-order valence-corrected chi connectivity index (χ4v) is 1.53. The highest BCUT2D eigenvalue weighted by Gasteiger charge is 1.96. The van der Waals surface area contributed by atoms with Gasteiger partial charge in [-0.15, -0.1) is 0 Å². The molecule has 96 valence electrons. The summed E-state index contributed by atoms with van der Waals surface area (Å²) < 4.78 is 5.41. The summed E-state index contributed by atoms with van der Waals surface area (Å²) in [4.78, 5) is 2.30. The molecule has 17 heavy (non-hydrogen) atoms. The molecule has 0 aromatic heterocycles. The standard InChI is InChI=1S/C14H24N2O/c1-4-16(3)11-10-15-12-13-6-8-14(9-7-13)17-5-2/h6-9,15H,4-5,10-12H2,1-3H3. The van der Waals surface area contributed by atoms with Gasteiger partial charge in [-0.3, -0.25) is 0 Å². The number of likely N-dealkylation sites (N-methyl/N-ethyl adjacent to an activating group) is 1. The van der Waals surface area contributed by atoms with E-state index in [0.717, 1.165) is 38.5 Å². The lowest BCUT2D eigenvalue weighted by Crippen LogP contribution is -2.28. The van der Waals surface area contributed by atoms with E-state index < -0.39 is 0 Å². The van der Waals surface area contributed by atoms with Gasteiger partial charge in [0.2, 0.25) is 0 Å². The van der Waals surface area contributed by atoms with Crippen LogP contribution in [-0.4, -0.2) is 38.2 Å². The average molecular weight is 236 g/mol. The number of hydrogen-bond donors (Lipinski definition) is 1. The number of rotatable bonds is 8. The summed E-state index contributed by atoms with van der Waals surface area (Å²) in [6, 6.07) is 8.28. The van der Waals surface area contributed by atoms with Crippen molar-refractivity contribution < 1.29 is 4.74 Å². The normalized spacial score (nSPS) is 10.8. The van der Waals surface area contributed by atoms with E-state index in [4.69, 9.17) is 4.74 Å². The molecular formula is C14H24N2O. The first-order valence-corrected chi connectivity index (χ1v) is 6.37. The number of nitrogens with zero attached hydrogens (tertiary/aromatic N) is 1. The zero-order valence-corrected chi connectivity index (χ0v) is 11.2. The maximum absolute atomic E-state index is 5.41. The molecule has 1 rings (SSSR count). The van der Waals surface area contributed by atoms with Crippen molar-refractivity contribution in [1.82, 2.24) is 10.2 Å². The van der Waals surface area contributed by atoms with Crippen molar-refractivity contribution >= 4 is 0 Å². The van der Waals surface area contributed by atoms with Gasteiger partial charge in [-0.1, -0.05) is 19.1 Å². The van der Waals surface area contributed by atoms with Crippen LogP contribution in [0.15, 0.2) is 24.3 Å². The molecule has 0 saturated carbocycles. The first-order valence-electron chi connectivity index (χ1n) is 6.37. The second kappa shape index (κ2) is 8.09. The molecule has 0 atom stereocenters. The minimum absolute atomic E-state index is 0.723. The van der Waals surface area contributed by atoms with Crippen LogP contribution in [-0.2, 0) is 6.54 Å². The van der Waals surface area contributed by atoms with E-state index in [9.17, 15) is 0 Å². The Hall–Kier alpha value is -1.06. The van der Waals surface area contributed by atoms with Crippen molar-refractivity contribution in [3.8, 4) is 5.75 Å². The zero-order chi connectivity index (χ0) is 12.5. The lowest BCUT2D eigenvalue weighted by Gasteiger charge is -2.14. The average Bonchev–Trinajstić information content (AvgIpc) is 2.36. The molecule has 0 heterocycles. The maximum Gasteiger partial charge on any atom is 0.119 e. The molecule has 0 aliphatic heterocycles. The Kier molecular flexibility index (Phi) is 6.67. The Morgan fingerprint density at radius 2 is 1.88 bits per heavy atom. The van der Waals surface area contributed by atoms with Crippen LogP contribution in [0.2, 0.25) is 0 Å². The van der Waals surface area contributed by atoms with Crippen LogP contribution in [0.25, 0.3) is 0 Å². The van der Waals surface area contributed by atoms with Crippen LogP contribution in [0.3, 0.4) is 0 Å². The van der Waals surface area contributed by atoms with Crippen LogP contribution in [0.4, 0.5) is 0 Å². The smallest absolute Gasteiger partial charge is 0.119 e. The number of benzene rings is 1. The maximum atomic E-state index is 5.41. The molecule has 0 unspecified atom stereocenters. The van der Waals surface area contributed by atoms with Crippen molar-refractivity contribution in [2.75, 3.05) is 33.3 Å². The van der Waals surface area contributed by atoms with E-state index in [-0.39, 0.29) is 0 Å². The third kappa shape index (κ3) is 5.71. The summed E-state index contributed by atoms with van der Waals surface area (Å²) in [5.41, 5.74) is 1.30. The van der Waals surface area contributed by atoms with E-state index in [1.165, 1.54) is 5.56 Å². The van der Waals surface area contributed by atoms with Crippen LogP contribution >= 0.6 is 0 Å². The monoisotopic (exact) mass is 236 g/mol. The topological polar surface area (TPSA) is 24.5 Å². The predicted octanol–water partition coefficient (Wildman–Crippen LogP) is 2.13. The van der Waals surface area contributed by atoms with Crippen LogP contribution < -0.4 is 10.1 Å². The SMILES string of the molecule is CCOc1ccc(CNCCN(C)CC)cc1. The van der Waals surface area contributed by atoms with Gasteiger partial charge in [0.15, 0.2) is 0 Å². The van der Waals surface area contributed by atoms with Crippen molar-refractivity contribution in [2.24, 2.45) is 0 Å². The van der Waals surface area contributed by atoms with E-state index in [0.29, 0.717) is 0 Å². The van der Waals surface area contributed by atoms with E-state index in [2.05, 4.69) is 36.3 Å². The van der Waals surface area contributed by atoms with Gasteiger partial charge in [0, 0.05) is 19.6 Å². The molecule has 0 bridgehead atoms. The molecule has 3 heteroatoms. The molecule has 0 fully saturated rings. The summed E-state index contributed by atoms with van der Waals surface area (Å²) in [5, 5.41) is 3.44. The van der Waals surface area contributed by atoms with Gasteiger partial charge in [0.1, 0.15) is 5.75 Å². The van der Waals surface area contributed by atoms with Crippen molar-refractivity contribution in [3.05, 3.63) is 29.8 Å². The van der Waals surface area contributed by atoms with Crippen molar-refractivity contribution in [2.45, 2.75) is 20.4 Å². The number of nitrogens with one attached hydrogen (secondary N) is 1. The third-order valence-corrected chi connectivity index (χ3v) is 2.77. The fourth-order valence-electron chi connectivity index (χ4n) is 1.53. The molecule has 1 N–H and O–H groups in total. The van der Waals surface area contributed by atoms with Gasteiger partial charge in [0.05, 0.1) is 6.61 Å². The molecule has 0 aliphatic rings. The summed E-state index contributed by atoms with van der Waals surface area (Å²) >= 11 is 0. The number of hydrogen-bond acceptors (Lipinski definition) is 3. The highest BCUT2D eigenvalue weighted by molar-refractivity contribution is 5.27. The Labute approximate surface area is 105 Å². The molecule has 0 aliphatic carbocycles. The Bertz CT molecular complexity index is 298. The van der Waals surface area contributed by atoms with Gasteiger partial charge in [-0.05, 0) is 38.2 Å². The number of ether oxygens (including phenoxy) is 1. The molecule has 1 aromatic rings. The van der Waals surface area contributed by atoms with E-state index in [1.54, 1.807) is 0 Å². The molecular weight excluding hydrogens is 212 g/mol. The molecule has 3 nitrogen and oxygen atoms in total. The summed E-state index contributed by atoms with van der Waals surface area (Å²) in [6.45, 7) is 9.03. The summed E-state index contributed by atoms with van der Waals surface area (Å²) in [5.74, 6) is 0.946. The van der Waals surface area contributed by atoms with Crippen molar-refractivity contribution in [1.29, 1.82) is 0 Å². The van der Waals surface area contributed by atoms with Crippen molar-refractivity contribution in [3.63, 3.8) is 0 Å². The van der Waals surface area contributed by atoms with Gasteiger partial charge in [0.25, 0.3) is 0 Å². The predicted molar refractivity (Wildman–Crippen MR) is 72.5 cm³/mol. The lowest BCUT2D eigenvalue weighted by atomic mass is 10.2. The fraction of sp³-hybridized carbons (Fsp3) is 0.571. The molecule has 0 saturated heterocycles. The highest BCUT2D eigenvalue weighted by Crippen LogP contribution is 2.11. The van der Waals surface area contributed by atoms with Gasteiger partial charge in [-0.2, -0.15) is 0 Å². The molecule has 0 amide bonds. The van der Waals surface area contributed by atoms with E-state index in [1.807, 2.05) is 19.1 Å². The lowest BCUT2D eigenvalue weighted by molar-refractivity contribution is 0.340. The van der Waals surface area contributed by atoms with Crippen LogP contribution in [0.5, 0.6) is 5.75 Å². The molecule has 1 aromatic carbocycles. The van der Waals surface area contributed by atoms with Crippen LogP contribution in [0.1, 0.15) is 19.4 Å². The van der Waals surface area contributed by atoms with Gasteiger partial charge >= 0.3 is 0 Å². The molecule has 0 radical (unpaired) electrons. The second-order valence-corrected chi connectivity index (χ2v) is 4.15. The first-order chi connectivity index (χ1) is 8.26. The minimum atomic E-state index is 0.723. The van der Waals surface area contributed by atoms with Crippen LogP contribution in [0, 0.1) is 0 Å². The zero-order valence-electron chi connectivity index (χ0n) is 11.2. The highest BCUT2D eigenvalue weighted by atomic mass is 16.5. The second-order valence-electron chi connectivity index (χ2n) is 4.15. The Morgan fingerprint density at radius 3 is 2.47 bits per heavy atom. The summed E-state index contributed by atoms with van der Waals surface area (Å²) in [7, 11) is 2.14. The largest absolute Gasteiger partial charge is 0.494 e. The van der Waals surface area contributed by atoms with Gasteiger partial charge < -0.3 is 15.0 Å². The van der Waals surface area contributed by atoms with Gasteiger partial charge in [-0.25, -0.2) is 0 Å². The summed E-state index contributed by atoms with van der Waals surface area (Å²) in [6.07, 6.45) is 0. The quantitative estimate of drug-likeness (QED) is 0.700. The van der Waals surface area contributed by atoms with E-state index >= 15 is 0 Å².